The zero-order valence-electron chi connectivity index (χ0n) is 6.56. The largest absolute Gasteiger partial charge is 0.507 e. The molecular weight excluding hydrogens is 188 g/mol. The molecule has 12 heavy (non-hydrogen) atoms. The summed E-state index contributed by atoms with van der Waals surface area (Å²) in [7, 11) is 3.23. The van der Waals surface area contributed by atoms with E-state index in [4.69, 9.17) is 0 Å². The first-order chi connectivity index (χ1) is 5.84. The van der Waals surface area contributed by atoms with Gasteiger partial charge in [-0.1, -0.05) is 39.8 Å². The van der Waals surface area contributed by atoms with Crippen molar-refractivity contribution in [2.45, 2.75) is 4.90 Å². The van der Waals surface area contributed by atoms with Crippen LogP contribution >= 0.6 is 21.6 Å². The third-order valence-corrected chi connectivity index (χ3v) is 3.51. The second-order valence-corrected chi connectivity index (χ2v) is 4.51. The van der Waals surface area contributed by atoms with Gasteiger partial charge in [-0.05, 0) is 12.1 Å². The third kappa shape index (κ3) is 2.83. The Balaban J connectivity index is 2.51. The third-order valence-electron chi connectivity index (χ3n) is 1.20. The second-order valence-electron chi connectivity index (χ2n) is 2.12. The van der Waals surface area contributed by atoms with Crippen molar-refractivity contribution in [3.8, 4) is 5.75 Å². The van der Waals surface area contributed by atoms with Crippen LogP contribution in [-0.4, -0.2) is 10.9 Å². The summed E-state index contributed by atoms with van der Waals surface area (Å²) in [5.74, 6) is 1.23. The standard InChI is InChI=1S/C9H10OS2/c1-2-7-11-12-9-6-4-3-5-8(9)10/h2-6,10H,1,7H2. The molecule has 0 fully saturated rings. The van der Waals surface area contributed by atoms with E-state index in [9.17, 15) is 5.11 Å². The second kappa shape index (κ2) is 5.17. The van der Waals surface area contributed by atoms with Crippen LogP contribution in [-0.2, 0) is 0 Å². The molecule has 0 radical (unpaired) electrons. The molecule has 0 aromatic heterocycles. The summed E-state index contributed by atoms with van der Waals surface area (Å²) in [6, 6.07) is 7.32. The van der Waals surface area contributed by atoms with Crippen LogP contribution in [0.5, 0.6) is 5.75 Å². The van der Waals surface area contributed by atoms with Crippen LogP contribution in [0.1, 0.15) is 0 Å². The van der Waals surface area contributed by atoms with Crippen LogP contribution in [0, 0.1) is 0 Å². The molecule has 1 N–H and O–H groups in total. The maximum absolute atomic E-state index is 9.35. The molecule has 0 saturated carbocycles. The molecule has 64 valence electrons. The zero-order valence-corrected chi connectivity index (χ0v) is 8.20. The smallest absolute Gasteiger partial charge is 0.129 e. The van der Waals surface area contributed by atoms with Gasteiger partial charge in [-0.15, -0.1) is 6.58 Å². The molecule has 1 nitrogen and oxygen atoms in total. The highest BCUT2D eigenvalue weighted by Gasteiger charge is 1.98. The van der Waals surface area contributed by atoms with Gasteiger partial charge in [0, 0.05) is 5.75 Å². The van der Waals surface area contributed by atoms with E-state index in [1.807, 2.05) is 24.3 Å². The van der Waals surface area contributed by atoms with Crippen molar-refractivity contribution in [3.63, 3.8) is 0 Å². The lowest BCUT2D eigenvalue weighted by molar-refractivity contribution is 0.462. The Morgan fingerprint density at radius 2 is 2.17 bits per heavy atom. The molecule has 0 aliphatic carbocycles. The molecule has 0 aliphatic heterocycles. The van der Waals surface area contributed by atoms with Crippen molar-refractivity contribution in [1.82, 2.24) is 0 Å². The summed E-state index contributed by atoms with van der Waals surface area (Å²) < 4.78 is 0. The molecule has 0 atom stereocenters. The van der Waals surface area contributed by atoms with Crippen LogP contribution in [0.2, 0.25) is 0 Å². The fraction of sp³-hybridized carbons (Fsp3) is 0.111. The highest BCUT2D eigenvalue weighted by Crippen LogP contribution is 2.36. The van der Waals surface area contributed by atoms with E-state index in [0.717, 1.165) is 10.6 Å². The van der Waals surface area contributed by atoms with Crippen molar-refractivity contribution in [3.05, 3.63) is 36.9 Å². The fourth-order valence-electron chi connectivity index (χ4n) is 0.673. The van der Waals surface area contributed by atoms with Crippen molar-refractivity contribution >= 4 is 21.6 Å². The van der Waals surface area contributed by atoms with Crippen LogP contribution in [0.15, 0.2) is 41.8 Å². The Kier molecular flexibility index (Phi) is 4.11. The topological polar surface area (TPSA) is 20.2 Å². The summed E-state index contributed by atoms with van der Waals surface area (Å²) in [6.45, 7) is 3.62. The summed E-state index contributed by atoms with van der Waals surface area (Å²) in [5, 5.41) is 9.35. The van der Waals surface area contributed by atoms with Crippen molar-refractivity contribution in [2.75, 3.05) is 5.75 Å². The van der Waals surface area contributed by atoms with Gasteiger partial charge in [-0.2, -0.15) is 0 Å². The minimum absolute atomic E-state index is 0.346. The predicted molar refractivity (Wildman–Crippen MR) is 56.6 cm³/mol. The highest BCUT2D eigenvalue weighted by atomic mass is 33.1. The van der Waals surface area contributed by atoms with Crippen LogP contribution in [0.4, 0.5) is 0 Å². The van der Waals surface area contributed by atoms with Gasteiger partial charge >= 0.3 is 0 Å². The molecule has 0 saturated heterocycles. The molecule has 0 spiro atoms. The van der Waals surface area contributed by atoms with Crippen molar-refractivity contribution in [2.24, 2.45) is 0 Å². The maximum Gasteiger partial charge on any atom is 0.129 e. The average Bonchev–Trinajstić information content (AvgIpc) is 2.09. The van der Waals surface area contributed by atoms with Gasteiger partial charge in [-0.25, -0.2) is 0 Å². The summed E-state index contributed by atoms with van der Waals surface area (Å²) in [6.07, 6.45) is 1.84. The Morgan fingerprint density at radius 3 is 2.83 bits per heavy atom. The lowest BCUT2D eigenvalue weighted by Crippen LogP contribution is -1.70. The van der Waals surface area contributed by atoms with E-state index in [-0.39, 0.29) is 0 Å². The predicted octanol–water partition coefficient (Wildman–Crippen LogP) is 3.32. The Bertz CT molecular complexity index is 260. The quantitative estimate of drug-likeness (QED) is 0.455. The van der Waals surface area contributed by atoms with E-state index >= 15 is 0 Å². The number of rotatable bonds is 4. The number of phenols is 1. The zero-order chi connectivity index (χ0) is 8.81. The SMILES string of the molecule is C=CCSSc1ccccc1O. The molecular formula is C9H10OS2. The van der Waals surface area contributed by atoms with E-state index in [2.05, 4.69) is 6.58 Å². The molecule has 3 heteroatoms. The number of para-hydroxylation sites is 1. The van der Waals surface area contributed by atoms with Gasteiger partial charge in [0.2, 0.25) is 0 Å². The first-order valence-electron chi connectivity index (χ1n) is 3.53. The maximum atomic E-state index is 9.35. The fourth-order valence-corrected chi connectivity index (χ4v) is 2.55. The van der Waals surface area contributed by atoms with E-state index in [0.29, 0.717) is 5.75 Å². The molecule has 1 aromatic carbocycles. The molecule has 0 unspecified atom stereocenters. The van der Waals surface area contributed by atoms with Crippen molar-refractivity contribution < 1.29 is 5.11 Å². The van der Waals surface area contributed by atoms with Gasteiger partial charge in [-0.3, -0.25) is 0 Å². The number of benzene rings is 1. The minimum atomic E-state index is 0.346. The lowest BCUT2D eigenvalue weighted by Gasteiger charge is -2.00. The van der Waals surface area contributed by atoms with Gasteiger partial charge in [0.15, 0.2) is 0 Å². The minimum Gasteiger partial charge on any atom is -0.507 e. The normalized spacial score (nSPS) is 9.67. The van der Waals surface area contributed by atoms with E-state index < -0.39 is 0 Å². The van der Waals surface area contributed by atoms with E-state index in [1.54, 1.807) is 27.7 Å². The first kappa shape index (κ1) is 9.55. The number of aromatic hydroxyl groups is 1. The molecule has 1 aromatic rings. The first-order valence-corrected chi connectivity index (χ1v) is 5.85. The van der Waals surface area contributed by atoms with Gasteiger partial charge in [0.1, 0.15) is 5.75 Å². The van der Waals surface area contributed by atoms with E-state index in [1.165, 1.54) is 0 Å². The summed E-state index contributed by atoms with van der Waals surface area (Å²) in [4.78, 5) is 0.907. The van der Waals surface area contributed by atoms with Crippen LogP contribution in [0.3, 0.4) is 0 Å². The monoisotopic (exact) mass is 198 g/mol. The molecule has 0 bridgehead atoms. The molecule has 0 amide bonds. The highest BCUT2D eigenvalue weighted by molar-refractivity contribution is 8.76. The Labute approximate surface area is 80.3 Å². The summed E-state index contributed by atoms with van der Waals surface area (Å²) >= 11 is 0. The van der Waals surface area contributed by atoms with Gasteiger partial charge in [0.05, 0.1) is 4.90 Å². The van der Waals surface area contributed by atoms with Gasteiger partial charge in [0.25, 0.3) is 0 Å². The number of hydrogen-bond acceptors (Lipinski definition) is 3. The van der Waals surface area contributed by atoms with Crippen LogP contribution < -0.4 is 0 Å². The Hall–Kier alpha value is -0.540. The molecule has 1 rings (SSSR count). The van der Waals surface area contributed by atoms with Gasteiger partial charge < -0.3 is 5.11 Å². The van der Waals surface area contributed by atoms with Crippen LogP contribution in [0.25, 0.3) is 0 Å². The lowest BCUT2D eigenvalue weighted by atomic mass is 10.3. The van der Waals surface area contributed by atoms with Crippen molar-refractivity contribution in [1.29, 1.82) is 0 Å². The molecule has 0 heterocycles. The number of hydrogen-bond donors (Lipinski definition) is 1. The molecule has 0 aliphatic rings. The average molecular weight is 198 g/mol. The number of phenolic OH excluding ortho intramolecular Hbond substituents is 1. The Morgan fingerprint density at radius 1 is 1.42 bits per heavy atom. The summed E-state index contributed by atoms with van der Waals surface area (Å²) in [5.41, 5.74) is 0.